The van der Waals surface area contributed by atoms with Gasteiger partial charge in [0.1, 0.15) is 5.15 Å². The highest BCUT2D eigenvalue weighted by Gasteiger charge is 2.14. The summed E-state index contributed by atoms with van der Waals surface area (Å²) in [6.07, 6.45) is -2.58. The van der Waals surface area contributed by atoms with Gasteiger partial charge >= 0.3 is 0 Å². The van der Waals surface area contributed by atoms with Gasteiger partial charge in [0.2, 0.25) is 0 Å². The molecule has 0 N–H and O–H groups in total. The average Bonchev–Trinajstić information content (AvgIpc) is 1.96. The van der Waals surface area contributed by atoms with Gasteiger partial charge in [-0.3, -0.25) is 0 Å². The number of halogens is 4. The van der Waals surface area contributed by atoms with E-state index in [9.17, 15) is 8.78 Å². The third kappa shape index (κ3) is 1.93. The van der Waals surface area contributed by atoms with Gasteiger partial charge in [-0.1, -0.05) is 11.6 Å². The zero-order chi connectivity index (χ0) is 9.30. The quantitative estimate of drug-likeness (QED) is 0.698. The van der Waals surface area contributed by atoms with E-state index in [1.165, 1.54) is 6.07 Å². The lowest BCUT2D eigenvalue weighted by molar-refractivity contribution is 0.151. The van der Waals surface area contributed by atoms with E-state index >= 15 is 0 Å². The number of aryl methyl sites for hydroxylation is 1. The van der Waals surface area contributed by atoms with Crippen LogP contribution in [0.1, 0.15) is 17.7 Å². The maximum Gasteiger partial charge on any atom is 0.266 e. The van der Waals surface area contributed by atoms with Gasteiger partial charge in [-0.2, -0.15) is 0 Å². The minimum Gasteiger partial charge on any atom is -0.240 e. The van der Waals surface area contributed by atoms with E-state index in [-0.39, 0.29) is 10.7 Å². The van der Waals surface area contributed by atoms with Crippen molar-refractivity contribution in [3.63, 3.8) is 0 Å². The lowest BCUT2D eigenvalue weighted by Gasteiger charge is -2.04. The monoisotopic (exact) mass is 255 g/mol. The Labute approximate surface area is 81.9 Å². The molecule has 1 heterocycles. The van der Waals surface area contributed by atoms with Gasteiger partial charge < -0.3 is 0 Å². The summed E-state index contributed by atoms with van der Waals surface area (Å²) >= 11 is 8.58. The Bertz CT molecular complexity index is 304. The molecule has 1 aromatic rings. The molecule has 0 aliphatic carbocycles. The summed E-state index contributed by atoms with van der Waals surface area (Å²) in [6.45, 7) is 1.69. The second kappa shape index (κ2) is 3.66. The zero-order valence-electron chi connectivity index (χ0n) is 6.11. The van der Waals surface area contributed by atoms with Gasteiger partial charge in [0.05, 0.1) is 11.3 Å². The number of aromatic nitrogens is 1. The first-order chi connectivity index (χ1) is 5.52. The van der Waals surface area contributed by atoms with Crippen molar-refractivity contribution in [2.45, 2.75) is 13.3 Å². The SMILES string of the molecule is Cc1nc(Cl)c(C(F)F)cc1Br. The van der Waals surface area contributed by atoms with Crippen molar-refractivity contribution < 1.29 is 8.78 Å². The van der Waals surface area contributed by atoms with Crippen molar-refractivity contribution in [1.29, 1.82) is 0 Å². The number of pyridine rings is 1. The fourth-order valence-electron chi connectivity index (χ4n) is 0.719. The number of hydrogen-bond acceptors (Lipinski definition) is 1. The van der Waals surface area contributed by atoms with Gasteiger partial charge in [-0.25, -0.2) is 13.8 Å². The Morgan fingerprint density at radius 3 is 2.67 bits per heavy atom. The summed E-state index contributed by atoms with van der Waals surface area (Å²) in [4.78, 5) is 3.73. The van der Waals surface area contributed by atoms with Crippen LogP contribution in [0, 0.1) is 6.92 Å². The van der Waals surface area contributed by atoms with Crippen LogP contribution >= 0.6 is 27.5 Å². The molecule has 0 aliphatic heterocycles. The normalized spacial score (nSPS) is 10.8. The fourth-order valence-corrected chi connectivity index (χ4v) is 1.32. The maximum absolute atomic E-state index is 12.2. The number of alkyl halides is 2. The molecule has 12 heavy (non-hydrogen) atoms. The number of nitrogens with zero attached hydrogens (tertiary/aromatic N) is 1. The predicted molar refractivity (Wildman–Crippen MR) is 46.6 cm³/mol. The lowest BCUT2D eigenvalue weighted by Crippen LogP contribution is -1.92. The Morgan fingerprint density at radius 2 is 2.17 bits per heavy atom. The summed E-state index contributed by atoms with van der Waals surface area (Å²) in [7, 11) is 0. The van der Waals surface area contributed by atoms with E-state index in [1.807, 2.05) is 0 Å². The molecule has 0 spiro atoms. The van der Waals surface area contributed by atoms with Crippen molar-refractivity contribution in [2.24, 2.45) is 0 Å². The molecule has 0 aliphatic rings. The largest absolute Gasteiger partial charge is 0.266 e. The van der Waals surface area contributed by atoms with Gasteiger partial charge in [-0.05, 0) is 28.9 Å². The molecule has 0 radical (unpaired) electrons. The Morgan fingerprint density at radius 1 is 1.58 bits per heavy atom. The highest BCUT2D eigenvalue weighted by atomic mass is 79.9. The predicted octanol–water partition coefficient (Wildman–Crippen LogP) is 3.74. The van der Waals surface area contributed by atoms with Crippen molar-refractivity contribution in [1.82, 2.24) is 4.98 Å². The third-order valence-corrected chi connectivity index (χ3v) is 2.47. The summed E-state index contributed by atoms with van der Waals surface area (Å²) in [5, 5.41) is -0.134. The van der Waals surface area contributed by atoms with E-state index in [4.69, 9.17) is 11.6 Å². The van der Waals surface area contributed by atoms with E-state index in [2.05, 4.69) is 20.9 Å². The van der Waals surface area contributed by atoms with Crippen molar-refractivity contribution in [3.8, 4) is 0 Å². The molecular weight excluding hydrogens is 251 g/mol. The van der Waals surface area contributed by atoms with Crippen molar-refractivity contribution >= 4 is 27.5 Å². The molecule has 0 atom stereocenters. The molecule has 1 nitrogen and oxygen atoms in total. The molecular formula is C7H5BrClF2N. The van der Waals surface area contributed by atoms with Crippen LogP contribution in [0.2, 0.25) is 5.15 Å². The van der Waals surface area contributed by atoms with Gasteiger partial charge in [0.15, 0.2) is 0 Å². The Kier molecular flexibility index (Phi) is 3.01. The second-order valence-electron chi connectivity index (χ2n) is 2.24. The molecule has 0 bridgehead atoms. The number of rotatable bonds is 1. The van der Waals surface area contributed by atoms with E-state index in [1.54, 1.807) is 6.92 Å². The minimum absolute atomic E-state index is 0.134. The van der Waals surface area contributed by atoms with E-state index in [0.29, 0.717) is 10.2 Å². The van der Waals surface area contributed by atoms with Crippen LogP contribution < -0.4 is 0 Å². The first-order valence-electron chi connectivity index (χ1n) is 3.13. The fraction of sp³-hybridized carbons (Fsp3) is 0.286. The molecule has 66 valence electrons. The van der Waals surface area contributed by atoms with Crippen LogP contribution in [0.5, 0.6) is 0 Å². The van der Waals surface area contributed by atoms with E-state index < -0.39 is 6.43 Å². The summed E-state index contributed by atoms with van der Waals surface area (Å²) < 4.78 is 24.9. The van der Waals surface area contributed by atoms with Crippen LogP contribution in [0.15, 0.2) is 10.5 Å². The van der Waals surface area contributed by atoms with E-state index in [0.717, 1.165) is 0 Å². The smallest absolute Gasteiger partial charge is 0.240 e. The summed E-state index contributed by atoms with van der Waals surface area (Å²) in [5.74, 6) is 0. The number of hydrogen-bond donors (Lipinski definition) is 0. The van der Waals surface area contributed by atoms with Gasteiger partial charge in [-0.15, -0.1) is 0 Å². The van der Waals surface area contributed by atoms with Crippen molar-refractivity contribution in [2.75, 3.05) is 0 Å². The molecule has 0 saturated heterocycles. The summed E-state index contributed by atoms with van der Waals surface area (Å²) in [6, 6.07) is 1.29. The highest BCUT2D eigenvalue weighted by Crippen LogP contribution is 2.29. The van der Waals surface area contributed by atoms with Crippen LogP contribution in [-0.2, 0) is 0 Å². The second-order valence-corrected chi connectivity index (χ2v) is 3.45. The van der Waals surface area contributed by atoms with Crippen LogP contribution in [0.3, 0.4) is 0 Å². The molecule has 1 aromatic heterocycles. The lowest BCUT2D eigenvalue weighted by atomic mass is 10.2. The molecule has 0 fully saturated rings. The summed E-state index contributed by atoms with van der Waals surface area (Å²) in [5.41, 5.74) is 0.360. The molecule has 0 unspecified atom stereocenters. The van der Waals surface area contributed by atoms with Crippen LogP contribution in [-0.4, -0.2) is 4.98 Å². The Balaban J connectivity index is 3.23. The first-order valence-corrected chi connectivity index (χ1v) is 4.30. The topological polar surface area (TPSA) is 12.9 Å². The van der Waals surface area contributed by atoms with Gasteiger partial charge in [0, 0.05) is 4.47 Å². The molecule has 0 saturated carbocycles. The molecule has 1 rings (SSSR count). The standard InChI is InChI=1S/C7H5BrClF2N/c1-3-5(8)2-4(7(10)11)6(9)12-3/h2,7H,1H3. The maximum atomic E-state index is 12.2. The third-order valence-electron chi connectivity index (χ3n) is 1.37. The molecule has 5 heteroatoms. The highest BCUT2D eigenvalue weighted by molar-refractivity contribution is 9.10. The van der Waals surface area contributed by atoms with Crippen LogP contribution in [0.25, 0.3) is 0 Å². The van der Waals surface area contributed by atoms with Gasteiger partial charge in [0.25, 0.3) is 6.43 Å². The molecule has 0 aromatic carbocycles. The Hall–Kier alpha value is -0.220. The molecule has 0 amide bonds. The first kappa shape index (κ1) is 9.86. The minimum atomic E-state index is -2.58. The van der Waals surface area contributed by atoms with Crippen molar-refractivity contribution in [3.05, 3.63) is 26.9 Å². The van der Waals surface area contributed by atoms with Crippen LogP contribution in [0.4, 0.5) is 8.78 Å². The zero-order valence-corrected chi connectivity index (χ0v) is 8.46. The average molecular weight is 256 g/mol.